The molecule has 1 unspecified atom stereocenters. The average Bonchev–Trinajstić information content (AvgIpc) is 2.66. The minimum Gasteiger partial charge on any atom is -0.394 e. The molecular formula is C23H28N2O4. The Kier molecular flexibility index (Phi) is 5.75. The van der Waals surface area contributed by atoms with Crippen molar-refractivity contribution >= 4 is 11.7 Å². The number of aromatic nitrogens is 1. The lowest BCUT2D eigenvalue weighted by molar-refractivity contribution is 0.0907. The molecule has 1 aromatic heterocycles. The second-order valence-electron chi connectivity index (χ2n) is 8.60. The third-order valence-corrected chi connectivity index (χ3v) is 5.47. The van der Waals surface area contributed by atoms with Crippen molar-refractivity contribution in [3.05, 3.63) is 63.1 Å². The number of hydrogen-bond donors (Lipinski definition) is 2. The first-order valence-corrected chi connectivity index (χ1v) is 9.97. The molecule has 0 radical (unpaired) electrons. The summed E-state index contributed by atoms with van der Waals surface area (Å²) in [6.45, 7) is 7.59. The molecule has 1 aromatic carbocycles. The number of amides is 1. The van der Waals surface area contributed by atoms with E-state index < -0.39 is 17.5 Å². The smallest absolute Gasteiger partial charge is 0.268 e. The van der Waals surface area contributed by atoms with Gasteiger partial charge >= 0.3 is 0 Å². The molecule has 29 heavy (non-hydrogen) atoms. The van der Waals surface area contributed by atoms with Crippen LogP contribution in [0.15, 0.2) is 35.1 Å². The van der Waals surface area contributed by atoms with Crippen molar-refractivity contribution in [1.29, 1.82) is 0 Å². The van der Waals surface area contributed by atoms with Crippen LogP contribution in [0.4, 0.5) is 0 Å². The van der Waals surface area contributed by atoms with Crippen LogP contribution in [0.3, 0.4) is 0 Å². The van der Waals surface area contributed by atoms with Crippen LogP contribution in [0, 0.1) is 12.3 Å². The number of nitrogens with zero attached hydrogens (tertiary/aromatic N) is 1. The summed E-state index contributed by atoms with van der Waals surface area (Å²) in [6.07, 6.45) is 1.46. The number of benzene rings is 1. The lowest BCUT2D eigenvalue weighted by Crippen LogP contribution is -2.42. The predicted octanol–water partition coefficient (Wildman–Crippen LogP) is 2.80. The molecule has 0 saturated carbocycles. The third-order valence-electron chi connectivity index (χ3n) is 5.47. The lowest BCUT2D eigenvalue weighted by atomic mass is 9.75. The Bertz CT molecular complexity index is 999. The number of aliphatic hydroxyl groups excluding tert-OH is 1. The number of pyridine rings is 1. The van der Waals surface area contributed by atoms with Crippen LogP contribution in [0.2, 0.25) is 0 Å². The third kappa shape index (κ3) is 4.17. The van der Waals surface area contributed by atoms with Crippen molar-refractivity contribution in [3.63, 3.8) is 0 Å². The topological polar surface area (TPSA) is 88.4 Å². The zero-order valence-corrected chi connectivity index (χ0v) is 17.4. The van der Waals surface area contributed by atoms with Crippen LogP contribution in [0.5, 0.6) is 0 Å². The maximum atomic E-state index is 13.4. The zero-order chi connectivity index (χ0) is 21.3. The summed E-state index contributed by atoms with van der Waals surface area (Å²) in [5.41, 5.74) is 1.95. The highest BCUT2D eigenvalue weighted by Gasteiger charge is 2.35. The van der Waals surface area contributed by atoms with Gasteiger partial charge in [-0.3, -0.25) is 19.0 Å². The van der Waals surface area contributed by atoms with E-state index in [0.29, 0.717) is 36.2 Å². The largest absolute Gasteiger partial charge is 0.394 e. The molecule has 1 amide bonds. The van der Waals surface area contributed by atoms with E-state index in [0.717, 1.165) is 5.56 Å². The maximum Gasteiger partial charge on any atom is 0.268 e. The Morgan fingerprint density at radius 2 is 1.86 bits per heavy atom. The van der Waals surface area contributed by atoms with Crippen LogP contribution in [-0.4, -0.2) is 34.0 Å². The fourth-order valence-electron chi connectivity index (χ4n) is 3.78. The monoisotopic (exact) mass is 396 g/mol. The molecule has 0 bridgehead atoms. The van der Waals surface area contributed by atoms with Crippen molar-refractivity contribution in [2.75, 3.05) is 6.61 Å². The molecule has 2 aromatic rings. The second-order valence-corrected chi connectivity index (χ2v) is 8.60. The molecule has 154 valence electrons. The lowest BCUT2D eigenvalue weighted by Gasteiger charge is -2.32. The van der Waals surface area contributed by atoms with Crippen molar-refractivity contribution < 1.29 is 14.7 Å². The first-order valence-electron chi connectivity index (χ1n) is 9.97. The standard InChI is InChI=1S/C23H28N2O4/c1-5-15(13-26)24-21(28)18-10-17-19(11-23(3,4)12-20(17)27)25(22(18)29)16-8-6-14(2)7-9-16/h6-10,15,26H,5,11-13H2,1-4H3,(H,24,28). The number of carbonyl (C=O) groups excluding carboxylic acids is 2. The molecule has 0 fully saturated rings. The number of aryl methyl sites for hydroxylation is 1. The quantitative estimate of drug-likeness (QED) is 0.813. The fourth-order valence-corrected chi connectivity index (χ4v) is 3.78. The summed E-state index contributed by atoms with van der Waals surface area (Å²) in [4.78, 5) is 39.0. The Morgan fingerprint density at radius 3 is 2.45 bits per heavy atom. The van der Waals surface area contributed by atoms with Crippen molar-refractivity contribution in [1.82, 2.24) is 9.88 Å². The highest BCUT2D eigenvalue weighted by molar-refractivity contribution is 6.02. The summed E-state index contributed by atoms with van der Waals surface area (Å²) in [5, 5.41) is 12.1. The minimum absolute atomic E-state index is 0.0691. The minimum atomic E-state index is -0.572. The molecule has 1 heterocycles. The molecule has 1 aliphatic carbocycles. The van der Waals surface area contributed by atoms with Crippen LogP contribution in [-0.2, 0) is 6.42 Å². The van der Waals surface area contributed by atoms with E-state index in [-0.39, 0.29) is 23.4 Å². The average molecular weight is 396 g/mol. The van der Waals surface area contributed by atoms with Gasteiger partial charge < -0.3 is 10.4 Å². The summed E-state index contributed by atoms with van der Waals surface area (Å²) >= 11 is 0. The van der Waals surface area contributed by atoms with Crippen molar-refractivity contribution in [2.45, 2.75) is 53.0 Å². The normalized spacial score (nSPS) is 16.2. The van der Waals surface area contributed by atoms with E-state index in [2.05, 4.69) is 5.32 Å². The van der Waals surface area contributed by atoms with Gasteiger partial charge in [-0.25, -0.2) is 0 Å². The SMILES string of the molecule is CCC(CO)NC(=O)c1cc2c(n(-c3ccc(C)cc3)c1=O)CC(C)(C)CC2=O. The van der Waals surface area contributed by atoms with Gasteiger partial charge in [0, 0.05) is 23.4 Å². The van der Waals surface area contributed by atoms with E-state index in [1.807, 2.05) is 52.0 Å². The number of aliphatic hydroxyl groups is 1. The fraction of sp³-hybridized carbons (Fsp3) is 0.435. The van der Waals surface area contributed by atoms with Gasteiger partial charge in [-0.2, -0.15) is 0 Å². The van der Waals surface area contributed by atoms with Gasteiger partial charge in [0.25, 0.3) is 11.5 Å². The molecule has 0 spiro atoms. The first-order chi connectivity index (χ1) is 13.7. The van der Waals surface area contributed by atoms with Gasteiger partial charge in [0.1, 0.15) is 5.56 Å². The molecule has 0 aliphatic heterocycles. The summed E-state index contributed by atoms with van der Waals surface area (Å²) in [5.74, 6) is -0.641. The van der Waals surface area contributed by atoms with Gasteiger partial charge in [-0.05, 0) is 43.4 Å². The maximum absolute atomic E-state index is 13.4. The highest BCUT2D eigenvalue weighted by Crippen LogP contribution is 2.35. The van der Waals surface area contributed by atoms with Gasteiger partial charge in [-0.15, -0.1) is 0 Å². The van der Waals surface area contributed by atoms with Crippen LogP contribution in [0.25, 0.3) is 5.69 Å². The predicted molar refractivity (Wildman–Crippen MR) is 112 cm³/mol. The highest BCUT2D eigenvalue weighted by atomic mass is 16.3. The first kappa shape index (κ1) is 21.0. The number of carbonyl (C=O) groups is 2. The Balaban J connectivity index is 2.23. The molecule has 1 atom stereocenters. The van der Waals surface area contributed by atoms with Crippen molar-refractivity contribution in [2.24, 2.45) is 5.41 Å². The van der Waals surface area contributed by atoms with Crippen molar-refractivity contribution in [3.8, 4) is 5.69 Å². The molecule has 1 aliphatic rings. The van der Waals surface area contributed by atoms with E-state index in [1.54, 1.807) is 0 Å². The summed E-state index contributed by atoms with van der Waals surface area (Å²) in [6, 6.07) is 8.44. The molecule has 6 nitrogen and oxygen atoms in total. The number of Topliss-reactive ketones (excluding diaryl/α,β-unsaturated/α-hetero) is 1. The van der Waals surface area contributed by atoms with Crippen LogP contribution < -0.4 is 10.9 Å². The molecular weight excluding hydrogens is 368 g/mol. The van der Waals surface area contributed by atoms with Gasteiger partial charge in [0.05, 0.1) is 12.6 Å². The van der Waals surface area contributed by atoms with Crippen LogP contribution in [0.1, 0.15) is 65.6 Å². The Labute approximate surface area is 170 Å². The number of rotatable bonds is 5. The van der Waals surface area contributed by atoms with Crippen LogP contribution >= 0.6 is 0 Å². The number of fused-ring (bicyclic) bond motifs is 1. The van der Waals surface area contributed by atoms with Gasteiger partial charge in [0.2, 0.25) is 0 Å². The van der Waals surface area contributed by atoms with E-state index >= 15 is 0 Å². The van der Waals surface area contributed by atoms with E-state index in [1.165, 1.54) is 10.6 Å². The number of hydrogen-bond acceptors (Lipinski definition) is 4. The second kappa shape index (κ2) is 7.95. The molecule has 3 rings (SSSR count). The van der Waals surface area contributed by atoms with Gasteiger partial charge in [-0.1, -0.05) is 38.5 Å². The molecule has 2 N–H and O–H groups in total. The Morgan fingerprint density at radius 1 is 1.21 bits per heavy atom. The summed E-state index contributed by atoms with van der Waals surface area (Å²) in [7, 11) is 0. The zero-order valence-electron chi connectivity index (χ0n) is 17.4. The van der Waals surface area contributed by atoms with Gasteiger partial charge in [0.15, 0.2) is 5.78 Å². The molecule has 0 saturated heterocycles. The molecule has 6 heteroatoms. The van der Waals surface area contributed by atoms with E-state index in [9.17, 15) is 19.5 Å². The Hall–Kier alpha value is -2.73. The number of ketones is 1. The summed E-state index contributed by atoms with van der Waals surface area (Å²) < 4.78 is 1.50. The van der Waals surface area contributed by atoms with E-state index in [4.69, 9.17) is 0 Å². The number of nitrogens with one attached hydrogen (secondary N) is 1.